The van der Waals surface area contributed by atoms with E-state index in [-0.39, 0.29) is 44.3 Å². The molecule has 0 aromatic heterocycles. The maximum absolute atomic E-state index is 15.2. The number of benzene rings is 5. The number of carboxylic acid groups (broad SMARTS) is 1. The second kappa shape index (κ2) is 25.8. The molecule has 0 saturated heterocycles. The summed E-state index contributed by atoms with van der Waals surface area (Å²) in [7, 11) is 0. The van der Waals surface area contributed by atoms with Crippen molar-refractivity contribution < 1.29 is 38.6 Å². The second-order valence-corrected chi connectivity index (χ2v) is 19.7. The van der Waals surface area contributed by atoms with Crippen LogP contribution in [0.5, 0.6) is 0 Å². The lowest BCUT2D eigenvalue weighted by Crippen LogP contribution is -2.60. The first-order valence-electron chi connectivity index (χ1n) is 25.6. The quantitative estimate of drug-likeness (QED) is 0.0316. The van der Waals surface area contributed by atoms with Crippen LogP contribution in [0, 0.1) is 0 Å². The number of amides is 5. The van der Waals surface area contributed by atoms with E-state index in [4.69, 9.17) is 15.2 Å². The molecule has 1 saturated carbocycles. The monoisotopic (exact) mass is 991 g/mol. The average Bonchev–Trinajstić information content (AvgIpc) is 3.71. The van der Waals surface area contributed by atoms with E-state index in [9.17, 15) is 24.3 Å². The number of carbonyl (C=O) groups is 5. The topological polar surface area (TPSA) is 184 Å². The van der Waals surface area contributed by atoms with Crippen molar-refractivity contribution in [2.24, 2.45) is 5.73 Å². The Morgan fingerprint density at radius 1 is 0.726 bits per heavy atom. The number of hydrogen-bond donors (Lipinski definition) is 4. The molecule has 0 spiro atoms. The Hall–Kier alpha value is -7.45. The minimum absolute atomic E-state index is 0.0979. The summed E-state index contributed by atoms with van der Waals surface area (Å²) in [4.78, 5) is 74.2. The van der Waals surface area contributed by atoms with Crippen molar-refractivity contribution in [3.8, 4) is 11.1 Å². The summed E-state index contributed by atoms with van der Waals surface area (Å²) in [6.07, 6.45) is 7.56. The zero-order valence-electron chi connectivity index (χ0n) is 42.3. The first-order chi connectivity index (χ1) is 35.3. The zero-order chi connectivity index (χ0) is 51.7. The third kappa shape index (κ3) is 14.8. The molecule has 1 atom stereocenters. The fraction of sp³-hybridized carbons (Fsp3) is 0.373. The summed E-state index contributed by atoms with van der Waals surface area (Å²) in [5.41, 5.74) is 13.0. The van der Waals surface area contributed by atoms with Crippen molar-refractivity contribution in [3.05, 3.63) is 155 Å². The Bertz CT molecular complexity index is 2620. The third-order valence-electron chi connectivity index (χ3n) is 13.3. The molecule has 0 bridgehead atoms. The molecule has 5 aromatic rings. The van der Waals surface area contributed by atoms with Crippen molar-refractivity contribution >= 4 is 53.6 Å². The van der Waals surface area contributed by atoms with Gasteiger partial charge in [0.15, 0.2) is 0 Å². The number of carbonyl (C=O) groups excluding carboxylic acids is 4. The Labute approximate surface area is 429 Å². The lowest BCUT2D eigenvalue weighted by atomic mass is 9.84. The second-order valence-electron chi connectivity index (χ2n) is 19.7. The number of carboxylic acids is 1. The van der Waals surface area contributed by atoms with Crippen LogP contribution in [0.2, 0.25) is 0 Å². The number of nitrogens with two attached hydrogens (primary N) is 1. The van der Waals surface area contributed by atoms with E-state index in [0.29, 0.717) is 37.4 Å². The Morgan fingerprint density at radius 2 is 1.33 bits per heavy atom. The highest BCUT2D eigenvalue weighted by molar-refractivity contribution is 6.03. The number of urea groups is 1. The summed E-state index contributed by atoms with van der Waals surface area (Å²) < 4.78 is 11.6. The van der Waals surface area contributed by atoms with E-state index in [1.165, 1.54) is 11.3 Å². The van der Waals surface area contributed by atoms with Gasteiger partial charge in [0.1, 0.15) is 18.8 Å². The van der Waals surface area contributed by atoms with E-state index in [1.807, 2.05) is 115 Å². The maximum atomic E-state index is 15.2. The normalized spacial score (nSPS) is 13.9. The Kier molecular flexibility index (Phi) is 18.8. The molecular weight excluding hydrogens is 921 g/mol. The minimum atomic E-state index is -1.91. The SMILES string of the molecule is CC(C)(C)OC(=O)NCCCCN(C(=O)OCC1c2ccccc2-c2ccccc21)C(C(=O)O)N(C(=O)CN(CCCCN)C(=O)Nc1ccc(C=Cc2ccccc2)cc1)c1ccc(C2CCCCC2)cc1. The van der Waals surface area contributed by atoms with Crippen molar-refractivity contribution in [2.45, 2.75) is 102 Å². The van der Waals surface area contributed by atoms with Crippen LogP contribution in [0.3, 0.4) is 0 Å². The van der Waals surface area contributed by atoms with E-state index < -0.39 is 48.4 Å². The number of anilines is 2. The Balaban J connectivity index is 1.18. The lowest BCUT2D eigenvalue weighted by molar-refractivity contribution is -0.144. The van der Waals surface area contributed by atoms with Crippen molar-refractivity contribution in [3.63, 3.8) is 0 Å². The van der Waals surface area contributed by atoms with E-state index in [2.05, 4.69) is 10.6 Å². The molecular formula is C59H70N6O8. The van der Waals surface area contributed by atoms with Gasteiger partial charge in [0, 0.05) is 36.9 Å². The predicted octanol–water partition coefficient (Wildman–Crippen LogP) is 11.5. The number of unbranched alkanes of at least 4 members (excludes halogenated alkanes) is 2. The summed E-state index contributed by atoms with van der Waals surface area (Å²) in [5, 5.41) is 17.0. The van der Waals surface area contributed by atoms with Crippen molar-refractivity contribution in [1.82, 2.24) is 15.1 Å². The molecule has 5 N–H and O–H groups in total. The largest absolute Gasteiger partial charge is 0.478 e. The number of rotatable bonds is 21. The number of fused-ring (bicyclic) bond motifs is 3. The number of alkyl carbamates (subject to hydrolysis) is 1. The molecule has 2 aliphatic carbocycles. The highest BCUT2D eigenvalue weighted by Gasteiger charge is 2.41. The van der Waals surface area contributed by atoms with Gasteiger partial charge in [-0.15, -0.1) is 0 Å². The van der Waals surface area contributed by atoms with Gasteiger partial charge >= 0.3 is 24.2 Å². The van der Waals surface area contributed by atoms with Crippen LogP contribution in [0.15, 0.2) is 127 Å². The van der Waals surface area contributed by atoms with Crippen LogP contribution in [-0.4, -0.2) is 96.1 Å². The molecule has 0 heterocycles. The van der Waals surface area contributed by atoms with Gasteiger partial charge in [-0.05, 0) is 135 Å². The minimum Gasteiger partial charge on any atom is -0.478 e. The van der Waals surface area contributed by atoms with E-state index >= 15 is 4.79 Å². The molecule has 0 aliphatic heterocycles. The van der Waals surface area contributed by atoms with Crippen molar-refractivity contribution in [2.75, 3.05) is 49.5 Å². The molecule has 1 fully saturated rings. The van der Waals surface area contributed by atoms with Crippen molar-refractivity contribution in [1.29, 1.82) is 0 Å². The maximum Gasteiger partial charge on any atom is 0.411 e. The van der Waals surface area contributed by atoms with E-state index in [0.717, 1.165) is 74.4 Å². The van der Waals surface area contributed by atoms with Crippen LogP contribution < -0.4 is 21.3 Å². The van der Waals surface area contributed by atoms with Gasteiger partial charge in [-0.2, -0.15) is 0 Å². The molecule has 5 aromatic carbocycles. The van der Waals surface area contributed by atoms with Gasteiger partial charge in [-0.25, -0.2) is 19.2 Å². The molecule has 384 valence electrons. The zero-order valence-corrected chi connectivity index (χ0v) is 42.3. The van der Waals surface area contributed by atoms with Crippen LogP contribution in [-0.2, 0) is 19.1 Å². The fourth-order valence-corrected chi connectivity index (χ4v) is 9.63. The van der Waals surface area contributed by atoms with Gasteiger partial charge in [0.2, 0.25) is 12.1 Å². The number of nitrogens with zero attached hydrogens (tertiary/aromatic N) is 3. The van der Waals surface area contributed by atoms with E-state index in [1.54, 1.807) is 45.0 Å². The number of nitrogens with one attached hydrogen (secondary N) is 2. The summed E-state index contributed by atoms with van der Waals surface area (Å²) in [6, 6.07) is 39.8. The smallest absolute Gasteiger partial charge is 0.411 e. The number of ether oxygens (including phenoxy) is 2. The summed E-state index contributed by atoms with van der Waals surface area (Å²) in [5.74, 6) is -2.22. The van der Waals surface area contributed by atoms with Gasteiger partial charge < -0.3 is 35.8 Å². The third-order valence-corrected chi connectivity index (χ3v) is 13.3. The van der Waals surface area contributed by atoms with Crippen LogP contribution in [0.25, 0.3) is 23.3 Å². The van der Waals surface area contributed by atoms with Gasteiger partial charge in [0.25, 0.3) is 0 Å². The predicted molar refractivity (Wildman–Crippen MR) is 287 cm³/mol. The van der Waals surface area contributed by atoms with Crippen LogP contribution in [0.4, 0.5) is 25.8 Å². The molecule has 1 unspecified atom stereocenters. The molecule has 14 heteroatoms. The first kappa shape index (κ1) is 53.4. The van der Waals surface area contributed by atoms with Crippen LogP contribution >= 0.6 is 0 Å². The molecule has 7 rings (SSSR count). The Morgan fingerprint density at radius 3 is 1.95 bits per heavy atom. The van der Waals surface area contributed by atoms with Gasteiger partial charge in [-0.1, -0.05) is 135 Å². The first-order valence-corrected chi connectivity index (χ1v) is 25.6. The summed E-state index contributed by atoms with van der Waals surface area (Å²) in [6.45, 7) is 5.18. The van der Waals surface area contributed by atoms with Crippen LogP contribution in [0.1, 0.15) is 118 Å². The molecule has 73 heavy (non-hydrogen) atoms. The fourth-order valence-electron chi connectivity index (χ4n) is 9.63. The average molecular weight is 991 g/mol. The van der Waals surface area contributed by atoms with Gasteiger partial charge in [0.05, 0.1) is 0 Å². The summed E-state index contributed by atoms with van der Waals surface area (Å²) >= 11 is 0. The number of aliphatic carboxylic acids is 1. The molecule has 5 amide bonds. The molecule has 2 aliphatic rings. The standard InChI is InChI=1S/C59H70N6O8/c1-59(2,3)73-57(70)61-37-15-17-39-64(58(71)72-41-52-50-24-12-10-22-48(50)49-23-11-13-25-51(49)52)54(55(67)68)65(47-34-30-45(31-35-47)44-20-8-5-9-21-44)53(66)40-63(38-16-14-36-60)56(69)62-46-32-28-43(29-33-46)27-26-42-18-6-4-7-19-42/h4,6-7,10-13,18-19,22-35,44,52,54H,5,8-9,14-17,20-21,36-41,60H2,1-3H3,(H,61,70)(H,62,69)(H,67,68). The molecule has 14 nitrogen and oxygen atoms in total. The lowest BCUT2D eigenvalue weighted by Gasteiger charge is -2.38. The molecule has 0 radical (unpaired) electrons. The van der Waals surface area contributed by atoms with Gasteiger partial charge in [-0.3, -0.25) is 14.6 Å². The number of hydrogen-bond acceptors (Lipinski definition) is 8. The highest BCUT2D eigenvalue weighted by Crippen LogP contribution is 2.44. The highest BCUT2D eigenvalue weighted by atomic mass is 16.6.